The first kappa shape index (κ1) is 10.4. The van der Waals surface area contributed by atoms with Gasteiger partial charge in [0.05, 0.1) is 24.3 Å². The summed E-state index contributed by atoms with van der Waals surface area (Å²) in [6.07, 6.45) is 1.56. The van der Waals surface area contributed by atoms with E-state index in [9.17, 15) is 0 Å². The van der Waals surface area contributed by atoms with Crippen LogP contribution in [0.4, 0.5) is 5.82 Å². The molecule has 2 aromatic rings. The first-order valence-electron chi connectivity index (χ1n) is 5.57. The molecule has 3 N–H and O–H groups in total. The number of aromatic nitrogens is 2. The summed E-state index contributed by atoms with van der Waals surface area (Å²) in [6, 6.07) is 7.90. The average Bonchev–Trinajstić information content (AvgIpc) is 2.34. The molecule has 1 saturated heterocycles. The molecular weight excluding hydrogens is 216 g/mol. The Morgan fingerprint density at radius 2 is 2.12 bits per heavy atom. The standard InChI is InChI=1S/C12H14N4O/c13-12(6-17-7-12)5-14-11-9-3-1-2-4-10(9)15-8-16-11/h1-4,8H,5-7,13H2,(H,14,15,16). The third kappa shape index (κ3) is 1.94. The maximum absolute atomic E-state index is 6.06. The molecule has 0 unspecified atom stereocenters. The van der Waals surface area contributed by atoms with Crippen molar-refractivity contribution in [3.63, 3.8) is 0 Å². The van der Waals surface area contributed by atoms with E-state index in [0.717, 1.165) is 16.7 Å². The maximum Gasteiger partial charge on any atom is 0.137 e. The highest BCUT2D eigenvalue weighted by molar-refractivity contribution is 5.88. The van der Waals surface area contributed by atoms with Crippen molar-refractivity contribution in [2.45, 2.75) is 5.54 Å². The number of fused-ring (bicyclic) bond motifs is 1. The number of benzene rings is 1. The van der Waals surface area contributed by atoms with Gasteiger partial charge in [0, 0.05) is 11.9 Å². The van der Waals surface area contributed by atoms with Crippen molar-refractivity contribution in [1.82, 2.24) is 9.97 Å². The van der Waals surface area contributed by atoms with Crippen LogP contribution in [0.3, 0.4) is 0 Å². The van der Waals surface area contributed by atoms with Gasteiger partial charge >= 0.3 is 0 Å². The van der Waals surface area contributed by atoms with Crippen LogP contribution in [0.2, 0.25) is 0 Å². The number of nitrogens with zero attached hydrogens (tertiary/aromatic N) is 2. The Bertz CT molecular complexity index is 534. The zero-order chi connectivity index (χ0) is 11.7. The molecule has 5 heteroatoms. The van der Waals surface area contributed by atoms with Gasteiger partial charge in [-0.05, 0) is 12.1 Å². The van der Waals surface area contributed by atoms with Gasteiger partial charge < -0.3 is 15.8 Å². The van der Waals surface area contributed by atoms with Crippen molar-refractivity contribution in [2.24, 2.45) is 5.73 Å². The van der Waals surface area contributed by atoms with Gasteiger partial charge in [-0.1, -0.05) is 12.1 Å². The SMILES string of the molecule is NC1(CNc2ncnc3ccccc23)COC1. The number of hydrogen-bond donors (Lipinski definition) is 2. The van der Waals surface area contributed by atoms with Gasteiger partial charge in [-0.2, -0.15) is 0 Å². The van der Waals surface area contributed by atoms with Crippen molar-refractivity contribution < 1.29 is 4.74 Å². The zero-order valence-corrected chi connectivity index (χ0v) is 9.39. The zero-order valence-electron chi connectivity index (χ0n) is 9.39. The number of para-hydroxylation sites is 1. The first-order valence-corrected chi connectivity index (χ1v) is 5.57. The third-order valence-corrected chi connectivity index (χ3v) is 2.93. The molecule has 1 aromatic carbocycles. The van der Waals surface area contributed by atoms with Crippen LogP contribution >= 0.6 is 0 Å². The lowest BCUT2D eigenvalue weighted by Gasteiger charge is -2.37. The molecule has 0 saturated carbocycles. The van der Waals surface area contributed by atoms with Crippen molar-refractivity contribution in [3.8, 4) is 0 Å². The maximum atomic E-state index is 6.06. The van der Waals surface area contributed by atoms with Gasteiger partial charge in [-0.25, -0.2) is 9.97 Å². The van der Waals surface area contributed by atoms with E-state index in [1.54, 1.807) is 6.33 Å². The van der Waals surface area contributed by atoms with Crippen molar-refractivity contribution in [2.75, 3.05) is 25.1 Å². The van der Waals surface area contributed by atoms with Crippen LogP contribution in [0.25, 0.3) is 10.9 Å². The van der Waals surface area contributed by atoms with E-state index in [1.165, 1.54) is 0 Å². The van der Waals surface area contributed by atoms with E-state index < -0.39 is 0 Å². The highest BCUT2D eigenvalue weighted by Gasteiger charge is 2.33. The summed E-state index contributed by atoms with van der Waals surface area (Å²) in [5.74, 6) is 0.826. The van der Waals surface area contributed by atoms with Gasteiger partial charge in [-0.3, -0.25) is 0 Å². The molecule has 0 aliphatic carbocycles. The molecule has 2 heterocycles. The number of nitrogens with two attached hydrogens (primary N) is 1. The fourth-order valence-electron chi connectivity index (χ4n) is 1.87. The summed E-state index contributed by atoms with van der Waals surface area (Å²) in [7, 11) is 0. The number of nitrogens with one attached hydrogen (secondary N) is 1. The Morgan fingerprint density at radius 3 is 2.88 bits per heavy atom. The third-order valence-electron chi connectivity index (χ3n) is 2.93. The summed E-state index contributed by atoms with van der Waals surface area (Å²) < 4.78 is 5.12. The van der Waals surface area contributed by atoms with E-state index >= 15 is 0 Å². The van der Waals surface area contributed by atoms with Crippen LogP contribution in [-0.4, -0.2) is 35.3 Å². The predicted octanol–water partition coefficient (Wildman–Crippen LogP) is 0.769. The summed E-state index contributed by atoms with van der Waals surface area (Å²) in [5.41, 5.74) is 6.74. The molecule has 5 nitrogen and oxygen atoms in total. The van der Waals surface area contributed by atoms with Gasteiger partial charge in [-0.15, -0.1) is 0 Å². The number of ether oxygens (including phenoxy) is 1. The molecule has 1 aliphatic rings. The van der Waals surface area contributed by atoms with Crippen LogP contribution in [-0.2, 0) is 4.74 Å². The fourth-order valence-corrected chi connectivity index (χ4v) is 1.87. The molecule has 0 bridgehead atoms. The van der Waals surface area contributed by atoms with E-state index in [1.807, 2.05) is 24.3 Å². The molecule has 1 aromatic heterocycles. The second-order valence-electron chi connectivity index (χ2n) is 4.45. The highest BCUT2D eigenvalue weighted by Crippen LogP contribution is 2.20. The van der Waals surface area contributed by atoms with E-state index in [2.05, 4.69) is 15.3 Å². The second-order valence-corrected chi connectivity index (χ2v) is 4.45. The molecule has 17 heavy (non-hydrogen) atoms. The lowest BCUT2D eigenvalue weighted by Crippen LogP contribution is -2.61. The minimum atomic E-state index is -0.258. The molecular formula is C12H14N4O. The predicted molar refractivity (Wildman–Crippen MR) is 65.8 cm³/mol. The molecule has 88 valence electrons. The number of rotatable bonds is 3. The van der Waals surface area contributed by atoms with Gasteiger partial charge in [0.1, 0.15) is 12.1 Å². The Labute approximate surface area is 99.0 Å². The van der Waals surface area contributed by atoms with Crippen molar-refractivity contribution in [1.29, 1.82) is 0 Å². The highest BCUT2D eigenvalue weighted by atomic mass is 16.5. The Kier molecular flexibility index (Phi) is 2.42. The van der Waals surface area contributed by atoms with Crippen LogP contribution in [0, 0.1) is 0 Å². The normalized spacial score (nSPS) is 17.7. The van der Waals surface area contributed by atoms with Crippen LogP contribution < -0.4 is 11.1 Å². The van der Waals surface area contributed by atoms with E-state index in [4.69, 9.17) is 10.5 Å². The van der Waals surface area contributed by atoms with Gasteiger partial charge in [0.15, 0.2) is 0 Å². The van der Waals surface area contributed by atoms with Gasteiger partial charge in [0.2, 0.25) is 0 Å². The minimum Gasteiger partial charge on any atom is -0.377 e. The largest absolute Gasteiger partial charge is 0.377 e. The smallest absolute Gasteiger partial charge is 0.137 e. The summed E-state index contributed by atoms with van der Waals surface area (Å²) in [5, 5.41) is 4.29. The first-order chi connectivity index (χ1) is 8.27. The Balaban J connectivity index is 1.85. The van der Waals surface area contributed by atoms with E-state index in [0.29, 0.717) is 19.8 Å². The summed E-state index contributed by atoms with van der Waals surface area (Å²) in [4.78, 5) is 8.46. The lowest BCUT2D eigenvalue weighted by molar-refractivity contribution is -0.0461. The molecule has 3 rings (SSSR count). The quantitative estimate of drug-likeness (QED) is 0.814. The van der Waals surface area contributed by atoms with E-state index in [-0.39, 0.29) is 5.54 Å². The van der Waals surface area contributed by atoms with Crippen LogP contribution in [0.1, 0.15) is 0 Å². The Morgan fingerprint density at radius 1 is 1.29 bits per heavy atom. The fraction of sp³-hybridized carbons (Fsp3) is 0.333. The molecule has 0 radical (unpaired) electrons. The molecule has 0 spiro atoms. The molecule has 1 fully saturated rings. The number of hydrogen-bond acceptors (Lipinski definition) is 5. The molecule has 1 aliphatic heterocycles. The van der Waals surface area contributed by atoms with Crippen molar-refractivity contribution in [3.05, 3.63) is 30.6 Å². The number of anilines is 1. The second kappa shape index (κ2) is 3.94. The molecule has 0 atom stereocenters. The topological polar surface area (TPSA) is 73.1 Å². The monoisotopic (exact) mass is 230 g/mol. The average molecular weight is 230 g/mol. The summed E-state index contributed by atoms with van der Waals surface area (Å²) in [6.45, 7) is 1.86. The van der Waals surface area contributed by atoms with Crippen LogP contribution in [0.5, 0.6) is 0 Å². The molecule has 0 amide bonds. The Hall–Kier alpha value is -1.72. The summed E-state index contributed by atoms with van der Waals surface area (Å²) >= 11 is 0. The van der Waals surface area contributed by atoms with Gasteiger partial charge in [0.25, 0.3) is 0 Å². The minimum absolute atomic E-state index is 0.258. The van der Waals surface area contributed by atoms with Crippen molar-refractivity contribution >= 4 is 16.7 Å². The van der Waals surface area contributed by atoms with Crippen LogP contribution in [0.15, 0.2) is 30.6 Å². The lowest BCUT2D eigenvalue weighted by atomic mass is 9.99.